The van der Waals surface area contributed by atoms with Crippen molar-refractivity contribution in [2.45, 2.75) is 19.3 Å². The van der Waals surface area contributed by atoms with Crippen molar-refractivity contribution in [1.82, 2.24) is 4.57 Å². The molecule has 2 heterocycles. The zero-order chi connectivity index (χ0) is 43.9. The molecule has 0 radical (unpaired) electrons. The lowest BCUT2D eigenvalue weighted by Crippen LogP contribution is -2.16. The predicted molar refractivity (Wildman–Crippen MR) is 277 cm³/mol. The van der Waals surface area contributed by atoms with Crippen LogP contribution in [0.15, 0.2) is 235 Å². The van der Waals surface area contributed by atoms with Gasteiger partial charge in [0.05, 0.1) is 16.7 Å². The number of nitrogens with zero attached hydrogens (tertiary/aromatic N) is 2. The molecule has 0 N–H and O–H groups in total. The number of rotatable bonds is 7. The summed E-state index contributed by atoms with van der Waals surface area (Å²) in [5.74, 6) is 0. The summed E-state index contributed by atoms with van der Waals surface area (Å²) in [6.07, 6.45) is 0. The highest BCUT2D eigenvalue weighted by molar-refractivity contribution is 6.10. The van der Waals surface area contributed by atoms with Crippen LogP contribution in [-0.4, -0.2) is 4.57 Å². The van der Waals surface area contributed by atoms with E-state index in [1.54, 1.807) is 0 Å². The summed E-state index contributed by atoms with van der Waals surface area (Å²) in [6.45, 7) is 4.72. The fourth-order valence-electron chi connectivity index (χ4n) is 10.9. The molecule has 0 bridgehead atoms. The van der Waals surface area contributed by atoms with E-state index in [2.05, 4.69) is 242 Å². The molecule has 0 saturated carbocycles. The van der Waals surface area contributed by atoms with Crippen molar-refractivity contribution in [3.05, 3.63) is 242 Å². The average Bonchev–Trinajstić information content (AvgIpc) is 3.99. The zero-order valence-electron chi connectivity index (χ0n) is 36.7. The van der Waals surface area contributed by atoms with Crippen molar-refractivity contribution in [1.29, 1.82) is 0 Å². The smallest absolute Gasteiger partial charge is 0.137 e. The lowest BCUT2D eigenvalue weighted by Gasteiger charge is -2.27. The van der Waals surface area contributed by atoms with E-state index in [-0.39, 0.29) is 5.41 Å². The SMILES string of the molecule is CC1(C)c2ccccc2-c2cccc(-c3ccc(N(c4ccc(-c5cccc(-c6ccccc6-n6c7ccccc7c7ccccc76)c5)cc4)c4ccc5c(c4)oc4ccccc45)cc3)c21. The Hall–Kier alpha value is -8.40. The van der Waals surface area contributed by atoms with Crippen LogP contribution >= 0.6 is 0 Å². The number of hydrogen-bond acceptors (Lipinski definition) is 2. The minimum absolute atomic E-state index is 0.105. The molecule has 0 aliphatic heterocycles. The molecule has 0 fully saturated rings. The standard InChI is InChI=1S/C63H44N2O/c1-63(2)56-24-8-3-18-50(56)55-23-14-22-49(62(55)63)42-31-35-46(36-32-42)64(47-37-38-54-53-21-7-12-28-60(53)66-61(54)40-47)45-33-29-41(30-34-45)43-15-13-16-44(39-43)48-17-4-9-25-57(48)65-58-26-10-5-19-51(58)52-20-6-11-27-59(52)65/h3-40H,1-2H3. The fourth-order valence-corrected chi connectivity index (χ4v) is 10.9. The highest BCUT2D eigenvalue weighted by Crippen LogP contribution is 2.52. The minimum atomic E-state index is -0.105. The molecule has 3 nitrogen and oxygen atoms in total. The van der Waals surface area contributed by atoms with Gasteiger partial charge in [-0.3, -0.25) is 0 Å². The van der Waals surface area contributed by atoms with Crippen molar-refractivity contribution in [2.75, 3.05) is 4.90 Å². The average molecular weight is 845 g/mol. The third-order valence-electron chi connectivity index (χ3n) is 14.0. The monoisotopic (exact) mass is 844 g/mol. The van der Waals surface area contributed by atoms with Crippen molar-refractivity contribution < 1.29 is 4.42 Å². The quantitative estimate of drug-likeness (QED) is 0.159. The molecule has 0 spiro atoms. The fraction of sp³-hybridized carbons (Fsp3) is 0.0476. The Labute approximate surface area is 384 Å². The number of benzene rings is 10. The van der Waals surface area contributed by atoms with Gasteiger partial charge < -0.3 is 13.9 Å². The maximum absolute atomic E-state index is 6.45. The Morgan fingerprint density at radius 3 is 1.67 bits per heavy atom. The number of furan rings is 1. The first-order chi connectivity index (χ1) is 32.5. The molecule has 0 saturated heterocycles. The van der Waals surface area contributed by atoms with Gasteiger partial charge in [-0.1, -0.05) is 172 Å². The summed E-state index contributed by atoms with van der Waals surface area (Å²) in [7, 11) is 0. The van der Waals surface area contributed by atoms with Crippen LogP contribution in [0.3, 0.4) is 0 Å². The van der Waals surface area contributed by atoms with Crippen molar-refractivity contribution in [3.8, 4) is 50.2 Å². The maximum atomic E-state index is 6.45. The van der Waals surface area contributed by atoms with E-state index in [9.17, 15) is 0 Å². The molecule has 3 heteroatoms. The molecule has 12 aromatic rings. The summed E-state index contributed by atoms with van der Waals surface area (Å²) in [6, 6.07) is 83.8. The predicted octanol–water partition coefficient (Wildman–Crippen LogP) is 17.5. The molecule has 312 valence electrons. The number of fused-ring (bicyclic) bond motifs is 9. The Balaban J connectivity index is 0.889. The number of aromatic nitrogens is 1. The van der Waals surface area contributed by atoms with E-state index in [0.29, 0.717) is 0 Å². The molecule has 13 rings (SSSR count). The van der Waals surface area contributed by atoms with Crippen LogP contribution in [-0.2, 0) is 5.41 Å². The summed E-state index contributed by atoms with van der Waals surface area (Å²) in [5.41, 5.74) is 21.0. The van der Waals surface area contributed by atoms with Gasteiger partial charge in [0.15, 0.2) is 0 Å². The van der Waals surface area contributed by atoms with Gasteiger partial charge in [-0.15, -0.1) is 0 Å². The maximum Gasteiger partial charge on any atom is 0.137 e. The second-order valence-corrected chi connectivity index (χ2v) is 18.1. The first kappa shape index (κ1) is 38.1. The third kappa shape index (κ3) is 5.90. The first-order valence-electron chi connectivity index (χ1n) is 22.8. The second-order valence-electron chi connectivity index (χ2n) is 18.1. The highest BCUT2D eigenvalue weighted by atomic mass is 16.3. The van der Waals surface area contributed by atoms with Crippen LogP contribution in [0, 0.1) is 0 Å². The highest BCUT2D eigenvalue weighted by Gasteiger charge is 2.37. The van der Waals surface area contributed by atoms with Gasteiger partial charge in [0.2, 0.25) is 0 Å². The van der Waals surface area contributed by atoms with Gasteiger partial charge >= 0.3 is 0 Å². The lowest BCUT2D eigenvalue weighted by molar-refractivity contribution is 0.662. The largest absolute Gasteiger partial charge is 0.456 e. The van der Waals surface area contributed by atoms with E-state index >= 15 is 0 Å². The minimum Gasteiger partial charge on any atom is -0.456 e. The number of para-hydroxylation sites is 4. The Bertz CT molecular complexity index is 3790. The summed E-state index contributed by atoms with van der Waals surface area (Å²) in [4.78, 5) is 2.34. The van der Waals surface area contributed by atoms with Crippen LogP contribution in [0.25, 0.3) is 93.9 Å². The summed E-state index contributed by atoms with van der Waals surface area (Å²) < 4.78 is 8.87. The van der Waals surface area contributed by atoms with Crippen LogP contribution in [0.2, 0.25) is 0 Å². The van der Waals surface area contributed by atoms with E-state index in [1.807, 2.05) is 12.1 Å². The Morgan fingerprint density at radius 2 is 0.909 bits per heavy atom. The van der Waals surface area contributed by atoms with E-state index in [4.69, 9.17) is 4.42 Å². The molecular formula is C63H44N2O. The lowest BCUT2D eigenvalue weighted by atomic mass is 9.79. The molecular weight excluding hydrogens is 801 g/mol. The topological polar surface area (TPSA) is 21.3 Å². The van der Waals surface area contributed by atoms with Crippen molar-refractivity contribution in [3.63, 3.8) is 0 Å². The summed E-state index contributed by atoms with van der Waals surface area (Å²) in [5, 5.41) is 4.75. The first-order valence-corrected chi connectivity index (χ1v) is 22.8. The second kappa shape index (κ2) is 14.8. The molecule has 0 amide bonds. The molecule has 0 atom stereocenters. The van der Waals surface area contributed by atoms with Gasteiger partial charge in [-0.2, -0.15) is 0 Å². The van der Waals surface area contributed by atoms with Gasteiger partial charge in [0, 0.05) is 55.7 Å². The Kier molecular flexibility index (Phi) is 8.56. The van der Waals surface area contributed by atoms with E-state index in [1.165, 1.54) is 66.3 Å². The normalized spacial score (nSPS) is 12.8. The molecule has 0 unspecified atom stereocenters. The van der Waals surface area contributed by atoms with Crippen LogP contribution in [0.1, 0.15) is 25.0 Å². The van der Waals surface area contributed by atoms with Gasteiger partial charge in [-0.25, -0.2) is 0 Å². The number of hydrogen-bond donors (Lipinski definition) is 0. The summed E-state index contributed by atoms with van der Waals surface area (Å²) >= 11 is 0. The van der Waals surface area contributed by atoms with Gasteiger partial charge in [0.25, 0.3) is 0 Å². The van der Waals surface area contributed by atoms with Crippen LogP contribution in [0.4, 0.5) is 17.1 Å². The third-order valence-corrected chi connectivity index (χ3v) is 14.0. The number of anilines is 3. The van der Waals surface area contributed by atoms with Crippen LogP contribution < -0.4 is 4.90 Å². The van der Waals surface area contributed by atoms with Gasteiger partial charge in [-0.05, 0) is 117 Å². The molecule has 2 aromatic heterocycles. The Morgan fingerprint density at radius 1 is 0.364 bits per heavy atom. The zero-order valence-corrected chi connectivity index (χ0v) is 36.7. The van der Waals surface area contributed by atoms with Gasteiger partial charge in [0.1, 0.15) is 11.2 Å². The molecule has 1 aliphatic carbocycles. The van der Waals surface area contributed by atoms with E-state index in [0.717, 1.165) is 55.8 Å². The van der Waals surface area contributed by atoms with Crippen LogP contribution in [0.5, 0.6) is 0 Å². The van der Waals surface area contributed by atoms with E-state index < -0.39 is 0 Å². The van der Waals surface area contributed by atoms with Crippen molar-refractivity contribution >= 4 is 60.8 Å². The molecule has 66 heavy (non-hydrogen) atoms. The molecule has 10 aromatic carbocycles. The van der Waals surface area contributed by atoms with Crippen molar-refractivity contribution in [2.24, 2.45) is 0 Å². The molecule has 1 aliphatic rings.